The van der Waals surface area contributed by atoms with Crippen LogP contribution in [0.25, 0.3) is 6.08 Å². The van der Waals surface area contributed by atoms with Crippen molar-refractivity contribution in [3.63, 3.8) is 0 Å². The van der Waals surface area contributed by atoms with Crippen molar-refractivity contribution in [3.8, 4) is 5.75 Å². The summed E-state index contributed by atoms with van der Waals surface area (Å²) >= 11 is 0. The number of hydrogen-bond acceptors (Lipinski definition) is 2. The number of hydrogen-bond donors (Lipinski definition) is 0. The van der Waals surface area contributed by atoms with Gasteiger partial charge in [0.15, 0.2) is 5.78 Å². The molecule has 23 heavy (non-hydrogen) atoms. The van der Waals surface area contributed by atoms with E-state index in [9.17, 15) is 4.79 Å². The van der Waals surface area contributed by atoms with Crippen LogP contribution in [0.2, 0.25) is 0 Å². The molecule has 0 fully saturated rings. The zero-order chi connectivity index (χ0) is 16.3. The molecule has 0 aliphatic carbocycles. The largest absolute Gasteiger partial charge is 0.493 e. The molecule has 2 nitrogen and oxygen atoms in total. The van der Waals surface area contributed by atoms with Crippen molar-refractivity contribution in [3.05, 3.63) is 71.8 Å². The highest BCUT2D eigenvalue weighted by Gasteiger charge is 2.03. The fourth-order valence-corrected chi connectivity index (χ4v) is 2.32. The molecule has 0 heterocycles. The van der Waals surface area contributed by atoms with E-state index >= 15 is 0 Å². The van der Waals surface area contributed by atoms with Crippen LogP contribution in [-0.4, -0.2) is 12.4 Å². The van der Waals surface area contributed by atoms with Crippen LogP contribution < -0.4 is 4.74 Å². The van der Waals surface area contributed by atoms with Crippen molar-refractivity contribution in [1.29, 1.82) is 0 Å². The molecule has 0 aromatic heterocycles. The second kappa shape index (κ2) is 9.62. The Labute approximate surface area is 138 Å². The molecule has 0 unspecified atom stereocenters. The molecule has 120 valence electrons. The fourth-order valence-electron chi connectivity index (χ4n) is 2.32. The van der Waals surface area contributed by atoms with Gasteiger partial charge in [-0.2, -0.15) is 0 Å². The van der Waals surface area contributed by atoms with E-state index in [2.05, 4.69) is 6.92 Å². The van der Waals surface area contributed by atoms with Gasteiger partial charge in [0.25, 0.3) is 0 Å². The third-order valence-corrected chi connectivity index (χ3v) is 3.65. The zero-order valence-electron chi connectivity index (χ0n) is 13.7. The summed E-state index contributed by atoms with van der Waals surface area (Å²) in [6.45, 7) is 2.92. The van der Waals surface area contributed by atoms with Crippen LogP contribution in [0.3, 0.4) is 0 Å². The number of ether oxygens (including phenoxy) is 1. The Morgan fingerprint density at radius 1 is 0.957 bits per heavy atom. The first-order valence-electron chi connectivity index (χ1n) is 8.30. The molecule has 0 saturated heterocycles. The summed E-state index contributed by atoms with van der Waals surface area (Å²) < 4.78 is 5.86. The van der Waals surface area contributed by atoms with Gasteiger partial charge in [-0.1, -0.05) is 74.7 Å². The van der Waals surface area contributed by atoms with E-state index in [0.29, 0.717) is 5.56 Å². The molecule has 0 amide bonds. The number of carbonyl (C=O) groups excluding carboxylic acids is 1. The smallest absolute Gasteiger partial charge is 0.185 e. The van der Waals surface area contributed by atoms with Crippen molar-refractivity contribution >= 4 is 11.9 Å². The van der Waals surface area contributed by atoms with Gasteiger partial charge in [-0.25, -0.2) is 0 Å². The Hall–Kier alpha value is -2.35. The van der Waals surface area contributed by atoms with Gasteiger partial charge in [-0.15, -0.1) is 0 Å². The number of carbonyl (C=O) groups is 1. The lowest BCUT2D eigenvalue weighted by Crippen LogP contribution is -1.99. The first-order valence-corrected chi connectivity index (χ1v) is 8.30. The number of benzene rings is 2. The predicted molar refractivity (Wildman–Crippen MR) is 95.9 cm³/mol. The lowest BCUT2D eigenvalue weighted by Gasteiger charge is -2.08. The molecular weight excluding hydrogens is 284 g/mol. The average molecular weight is 308 g/mol. The highest BCUT2D eigenvalue weighted by Crippen LogP contribution is 2.20. The molecule has 0 radical (unpaired) electrons. The molecule has 0 atom stereocenters. The Morgan fingerprint density at radius 2 is 1.70 bits per heavy atom. The van der Waals surface area contributed by atoms with Gasteiger partial charge >= 0.3 is 0 Å². The third kappa shape index (κ3) is 5.74. The minimum absolute atomic E-state index is 0.00310. The van der Waals surface area contributed by atoms with Gasteiger partial charge < -0.3 is 4.74 Å². The van der Waals surface area contributed by atoms with E-state index < -0.39 is 0 Å². The van der Waals surface area contributed by atoms with Crippen LogP contribution in [0, 0.1) is 0 Å². The van der Waals surface area contributed by atoms with E-state index in [1.165, 1.54) is 19.3 Å². The number of para-hydroxylation sites is 1. The van der Waals surface area contributed by atoms with E-state index in [-0.39, 0.29) is 5.78 Å². The minimum atomic E-state index is 0.00310. The Kier molecular flexibility index (Phi) is 7.12. The quantitative estimate of drug-likeness (QED) is 0.345. The van der Waals surface area contributed by atoms with Crippen molar-refractivity contribution in [2.45, 2.75) is 32.6 Å². The van der Waals surface area contributed by atoms with Crippen molar-refractivity contribution in [1.82, 2.24) is 0 Å². The van der Waals surface area contributed by atoms with Gasteiger partial charge in [0.05, 0.1) is 6.61 Å². The topological polar surface area (TPSA) is 26.3 Å². The lowest BCUT2D eigenvalue weighted by atomic mass is 10.1. The SMILES string of the molecule is CCCCCCOc1ccccc1/C=C/C(=O)c1ccccc1. The van der Waals surface area contributed by atoms with Gasteiger partial charge in [0, 0.05) is 11.1 Å². The molecule has 2 rings (SSSR count). The summed E-state index contributed by atoms with van der Waals surface area (Å²) in [6, 6.07) is 17.1. The molecule has 2 aromatic carbocycles. The van der Waals surface area contributed by atoms with Crippen LogP contribution >= 0.6 is 0 Å². The monoisotopic (exact) mass is 308 g/mol. The summed E-state index contributed by atoms with van der Waals surface area (Å²) in [7, 11) is 0. The van der Waals surface area contributed by atoms with Gasteiger partial charge in [-0.05, 0) is 24.6 Å². The maximum absolute atomic E-state index is 12.1. The molecule has 0 bridgehead atoms. The van der Waals surface area contributed by atoms with Crippen LogP contribution in [0.4, 0.5) is 0 Å². The molecule has 0 saturated carbocycles. The third-order valence-electron chi connectivity index (χ3n) is 3.65. The summed E-state index contributed by atoms with van der Waals surface area (Å²) in [5.41, 5.74) is 1.63. The molecule has 2 aromatic rings. The van der Waals surface area contributed by atoms with Gasteiger partial charge in [-0.3, -0.25) is 4.79 Å². The summed E-state index contributed by atoms with van der Waals surface area (Å²) in [5.74, 6) is 0.837. The summed E-state index contributed by atoms with van der Waals surface area (Å²) in [5, 5.41) is 0. The standard InChI is InChI=1S/C21H24O2/c1-2-3-4-10-17-23-21-14-9-8-13-19(21)15-16-20(22)18-11-6-5-7-12-18/h5-9,11-16H,2-4,10,17H2,1H3/b16-15+. The first-order chi connectivity index (χ1) is 11.3. The molecule has 0 aliphatic heterocycles. The normalized spacial score (nSPS) is 10.8. The second-order valence-electron chi connectivity index (χ2n) is 5.51. The fraction of sp³-hybridized carbons (Fsp3) is 0.286. The molecule has 0 aliphatic rings. The van der Waals surface area contributed by atoms with E-state index in [4.69, 9.17) is 4.74 Å². The van der Waals surface area contributed by atoms with Crippen LogP contribution in [0.5, 0.6) is 5.75 Å². The van der Waals surface area contributed by atoms with Gasteiger partial charge in [0.2, 0.25) is 0 Å². The Bertz CT molecular complexity index is 629. The van der Waals surface area contributed by atoms with E-state index in [0.717, 1.165) is 24.3 Å². The number of allylic oxidation sites excluding steroid dienone is 1. The van der Waals surface area contributed by atoms with E-state index in [1.54, 1.807) is 6.08 Å². The molecule has 0 N–H and O–H groups in total. The summed E-state index contributed by atoms with van der Waals surface area (Å²) in [4.78, 5) is 12.1. The Morgan fingerprint density at radius 3 is 2.48 bits per heavy atom. The van der Waals surface area contributed by atoms with Gasteiger partial charge in [0.1, 0.15) is 5.75 Å². The Balaban J connectivity index is 1.97. The first kappa shape index (κ1) is 17.0. The highest BCUT2D eigenvalue weighted by atomic mass is 16.5. The highest BCUT2D eigenvalue weighted by molar-refractivity contribution is 6.06. The zero-order valence-corrected chi connectivity index (χ0v) is 13.7. The second-order valence-corrected chi connectivity index (χ2v) is 5.51. The van der Waals surface area contributed by atoms with Crippen molar-refractivity contribution in [2.24, 2.45) is 0 Å². The van der Waals surface area contributed by atoms with Crippen LogP contribution in [0.1, 0.15) is 48.5 Å². The predicted octanol–water partition coefficient (Wildman–Crippen LogP) is 5.54. The average Bonchev–Trinajstić information content (AvgIpc) is 2.61. The van der Waals surface area contributed by atoms with Crippen LogP contribution in [-0.2, 0) is 0 Å². The molecule has 2 heteroatoms. The maximum Gasteiger partial charge on any atom is 0.185 e. The minimum Gasteiger partial charge on any atom is -0.493 e. The maximum atomic E-state index is 12.1. The van der Waals surface area contributed by atoms with Crippen LogP contribution in [0.15, 0.2) is 60.7 Å². The van der Waals surface area contributed by atoms with Crippen molar-refractivity contribution < 1.29 is 9.53 Å². The molecular formula is C21H24O2. The van der Waals surface area contributed by atoms with E-state index in [1.807, 2.05) is 60.7 Å². The number of unbranched alkanes of at least 4 members (excludes halogenated alkanes) is 3. The number of ketones is 1. The summed E-state index contributed by atoms with van der Waals surface area (Å²) in [6.07, 6.45) is 8.17. The van der Waals surface area contributed by atoms with Crippen molar-refractivity contribution in [2.75, 3.05) is 6.61 Å². The number of rotatable bonds is 9. The molecule has 0 spiro atoms. The lowest BCUT2D eigenvalue weighted by molar-refractivity contribution is 0.104.